The first-order chi connectivity index (χ1) is 9.31. The highest BCUT2D eigenvalue weighted by Crippen LogP contribution is 2.28. The Labute approximate surface area is 120 Å². The van der Waals surface area contributed by atoms with E-state index in [2.05, 4.69) is 4.72 Å². The van der Waals surface area contributed by atoms with Gasteiger partial charge >= 0.3 is 0 Å². The van der Waals surface area contributed by atoms with Gasteiger partial charge in [0.15, 0.2) is 0 Å². The molecule has 6 nitrogen and oxygen atoms in total. The minimum Gasteiger partial charge on any atom is -0.495 e. The zero-order chi connectivity index (χ0) is 15.3. The number of aryl methyl sites for hydroxylation is 1. The molecule has 0 bridgehead atoms. The van der Waals surface area contributed by atoms with E-state index in [0.717, 1.165) is 12.0 Å². The fraction of sp³-hybridized carbons (Fsp3) is 0.538. The highest BCUT2D eigenvalue weighted by molar-refractivity contribution is 7.89. The summed E-state index contributed by atoms with van der Waals surface area (Å²) >= 11 is 0. The number of ether oxygens (including phenoxy) is 1. The number of aliphatic hydroxyl groups is 1. The second kappa shape index (κ2) is 6.92. The van der Waals surface area contributed by atoms with Crippen molar-refractivity contribution in [2.24, 2.45) is 0 Å². The number of rotatable bonds is 7. The average Bonchev–Trinajstić information content (AvgIpc) is 2.39. The van der Waals surface area contributed by atoms with Gasteiger partial charge < -0.3 is 15.6 Å². The molecule has 0 aliphatic rings. The van der Waals surface area contributed by atoms with Crippen molar-refractivity contribution in [1.82, 2.24) is 4.72 Å². The summed E-state index contributed by atoms with van der Waals surface area (Å²) in [6.07, 6.45) is 0.614. The molecule has 0 amide bonds. The lowest BCUT2D eigenvalue weighted by molar-refractivity contribution is 0.167. The van der Waals surface area contributed by atoms with Crippen LogP contribution in [0.5, 0.6) is 5.75 Å². The number of hydrogen-bond donors (Lipinski definition) is 3. The molecule has 7 heteroatoms. The normalized spacial score (nSPS) is 13.2. The Morgan fingerprint density at radius 3 is 2.65 bits per heavy atom. The second-order valence-corrected chi connectivity index (χ2v) is 6.39. The molecule has 0 spiro atoms. The third-order valence-electron chi connectivity index (χ3n) is 2.97. The molecule has 1 aromatic carbocycles. The number of methoxy groups -OCH3 is 1. The summed E-state index contributed by atoms with van der Waals surface area (Å²) in [6, 6.07) is 2.94. The number of nitrogens with two attached hydrogens (primary N) is 1. The molecule has 0 saturated heterocycles. The Bertz CT molecular complexity index is 558. The van der Waals surface area contributed by atoms with Gasteiger partial charge in [-0.25, -0.2) is 13.1 Å². The number of benzene rings is 1. The molecule has 0 heterocycles. The lowest BCUT2D eigenvalue weighted by atomic mass is 10.2. The van der Waals surface area contributed by atoms with Gasteiger partial charge in [-0.2, -0.15) is 0 Å². The fourth-order valence-corrected chi connectivity index (χ4v) is 3.02. The summed E-state index contributed by atoms with van der Waals surface area (Å²) in [5, 5.41) is 9.60. The monoisotopic (exact) mass is 302 g/mol. The maximum absolute atomic E-state index is 12.2. The van der Waals surface area contributed by atoms with Gasteiger partial charge in [-0.1, -0.05) is 13.3 Å². The first-order valence-electron chi connectivity index (χ1n) is 6.43. The third kappa shape index (κ3) is 4.09. The maximum atomic E-state index is 12.2. The Hall–Kier alpha value is -1.31. The summed E-state index contributed by atoms with van der Waals surface area (Å²) in [5.74, 6) is 0.231. The van der Waals surface area contributed by atoms with Crippen molar-refractivity contribution in [2.45, 2.75) is 37.7 Å². The third-order valence-corrected chi connectivity index (χ3v) is 4.42. The van der Waals surface area contributed by atoms with Gasteiger partial charge in [0, 0.05) is 12.2 Å². The summed E-state index contributed by atoms with van der Waals surface area (Å²) < 4.78 is 31.9. The molecule has 0 radical (unpaired) electrons. The summed E-state index contributed by atoms with van der Waals surface area (Å²) in [4.78, 5) is -0.0215. The minimum atomic E-state index is -3.77. The minimum absolute atomic E-state index is 0.0215. The molecule has 1 rings (SSSR count). The van der Waals surface area contributed by atoms with E-state index in [1.54, 1.807) is 13.0 Å². The van der Waals surface area contributed by atoms with Crippen LogP contribution < -0.4 is 15.2 Å². The van der Waals surface area contributed by atoms with Crippen LogP contribution >= 0.6 is 0 Å². The zero-order valence-corrected chi connectivity index (χ0v) is 12.8. The summed E-state index contributed by atoms with van der Waals surface area (Å²) in [6.45, 7) is 3.65. The van der Waals surface area contributed by atoms with E-state index in [-0.39, 0.29) is 17.2 Å². The summed E-state index contributed by atoms with van der Waals surface area (Å²) in [5.41, 5.74) is 6.87. The van der Waals surface area contributed by atoms with Crippen molar-refractivity contribution in [1.29, 1.82) is 0 Å². The van der Waals surface area contributed by atoms with Gasteiger partial charge in [0.25, 0.3) is 0 Å². The Kier molecular flexibility index (Phi) is 5.79. The molecule has 1 unspecified atom stereocenters. The van der Waals surface area contributed by atoms with Gasteiger partial charge in [0.05, 0.1) is 13.2 Å². The summed E-state index contributed by atoms with van der Waals surface area (Å²) in [7, 11) is -2.37. The number of nitrogens with one attached hydrogen (secondary N) is 1. The predicted octanol–water partition coefficient (Wildman–Crippen LogP) is 1.03. The van der Waals surface area contributed by atoms with Crippen LogP contribution in [0.1, 0.15) is 25.3 Å². The van der Waals surface area contributed by atoms with Gasteiger partial charge in [0.1, 0.15) is 10.6 Å². The molecule has 114 valence electrons. The van der Waals surface area contributed by atoms with Crippen molar-refractivity contribution in [2.75, 3.05) is 19.4 Å². The van der Waals surface area contributed by atoms with Crippen LogP contribution in [-0.2, 0) is 10.0 Å². The van der Waals surface area contributed by atoms with Crippen LogP contribution in [0, 0.1) is 6.92 Å². The molecular weight excluding hydrogens is 280 g/mol. The van der Waals surface area contributed by atoms with Crippen molar-refractivity contribution < 1.29 is 18.3 Å². The molecule has 0 saturated carbocycles. The fourth-order valence-electron chi connectivity index (χ4n) is 1.77. The molecule has 0 fully saturated rings. The lowest BCUT2D eigenvalue weighted by Gasteiger charge is -2.14. The smallest absolute Gasteiger partial charge is 0.244 e. The van der Waals surface area contributed by atoms with Crippen LogP contribution in [0.25, 0.3) is 0 Å². The van der Waals surface area contributed by atoms with Crippen molar-refractivity contribution in [3.8, 4) is 5.75 Å². The maximum Gasteiger partial charge on any atom is 0.244 e. The van der Waals surface area contributed by atoms with E-state index in [0.29, 0.717) is 12.1 Å². The standard InChI is InChI=1S/C13H22N2O4S/c1-4-5-10(16)8-15-20(17,18)13-7-11(14)9(2)6-12(13)19-3/h6-7,10,15-16H,4-5,8,14H2,1-3H3. The molecule has 1 aromatic rings. The first kappa shape index (κ1) is 16.7. The highest BCUT2D eigenvalue weighted by atomic mass is 32.2. The van der Waals surface area contributed by atoms with Crippen LogP contribution in [0.4, 0.5) is 5.69 Å². The van der Waals surface area contributed by atoms with Crippen molar-refractivity contribution >= 4 is 15.7 Å². The van der Waals surface area contributed by atoms with Crippen molar-refractivity contribution in [3.63, 3.8) is 0 Å². The first-order valence-corrected chi connectivity index (χ1v) is 7.92. The predicted molar refractivity (Wildman–Crippen MR) is 78.2 cm³/mol. The van der Waals surface area contributed by atoms with Crippen LogP contribution in [0.2, 0.25) is 0 Å². The molecule has 0 aromatic heterocycles. The van der Waals surface area contributed by atoms with E-state index >= 15 is 0 Å². The van der Waals surface area contributed by atoms with Crippen molar-refractivity contribution in [3.05, 3.63) is 17.7 Å². The second-order valence-electron chi connectivity index (χ2n) is 4.65. The molecule has 4 N–H and O–H groups in total. The molecular formula is C13H22N2O4S. The quantitative estimate of drug-likeness (QED) is 0.653. The topological polar surface area (TPSA) is 102 Å². The zero-order valence-electron chi connectivity index (χ0n) is 12.0. The average molecular weight is 302 g/mol. The number of nitrogen functional groups attached to an aromatic ring is 1. The van der Waals surface area contributed by atoms with Crippen LogP contribution in [0.15, 0.2) is 17.0 Å². The number of sulfonamides is 1. The van der Waals surface area contributed by atoms with Gasteiger partial charge in [-0.05, 0) is 31.0 Å². The molecule has 1 atom stereocenters. The van der Waals surface area contributed by atoms with E-state index < -0.39 is 16.1 Å². The Morgan fingerprint density at radius 2 is 2.10 bits per heavy atom. The Balaban J connectivity index is 3.00. The van der Waals surface area contributed by atoms with Gasteiger partial charge in [-0.15, -0.1) is 0 Å². The molecule has 0 aliphatic carbocycles. The van der Waals surface area contributed by atoms with E-state index in [9.17, 15) is 13.5 Å². The number of anilines is 1. The van der Waals surface area contributed by atoms with Crippen LogP contribution in [-0.4, -0.2) is 33.3 Å². The Morgan fingerprint density at radius 1 is 1.45 bits per heavy atom. The van der Waals surface area contributed by atoms with E-state index in [1.165, 1.54) is 13.2 Å². The van der Waals surface area contributed by atoms with E-state index in [1.807, 2.05) is 6.92 Å². The lowest BCUT2D eigenvalue weighted by Crippen LogP contribution is -2.32. The molecule has 20 heavy (non-hydrogen) atoms. The number of hydrogen-bond acceptors (Lipinski definition) is 5. The largest absolute Gasteiger partial charge is 0.495 e. The molecule has 0 aliphatic heterocycles. The SMILES string of the molecule is CCCC(O)CNS(=O)(=O)c1cc(N)c(C)cc1OC. The van der Waals surface area contributed by atoms with Crippen LogP contribution in [0.3, 0.4) is 0 Å². The van der Waals surface area contributed by atoms with Gasteiger partial charge in [-0.3, -0.25) is 0 Å². The highest BCUT2D eigenvalue weighted by Gasteiger charge is 2.21. The van der Waals surface area contributed by atoms with E-state index in [4.69, 9.17) is 10.5 Å². The number of aliphatic hydroxyl groups excluding tert-OH is 1. The van der Waals surface area contributed by atoms with Gasteiger partial charge in [0.2, 0.25) is 10.0 Å².